The van der Waals surface area contributed by atoms with Gasteiger partial charge in [0.2, 0.25) is 0 Å². The van der Waals surface area contributed by atoms with Crippen molar-refractivity contribution in [1.82, 2.24) is 0 Å². The van der Waals surface area contributed by atoms with Gasteiger partial charge in [0.15, 0.2) is 0 Å². The van der Waals surface area contributed by atoms with Gasteiger partial charge in [-0.15, -0.1) is 0 Å². The summed E-state index contributed by atoms with van der Waals surface area (Å²) in [5, 5.41) is 8.14. The third kappa shape index (κ3) is 16.2. The average molecular weight is 218 g/mol. The van der Waals surface area contributed by atoms with E-state index in [1.807, 2.05) is 30.3 Å². The molecule has 0 radical (unpaired) electrons. The molecule has 0 spiro atoms. The first-order valence-corrected chi connectivity index (χ1v) is 4.90. The molecule has 1 aromatic carbocycles. The largest absolute Gasteiger partial charge is 2.00 e. The third-order valence-electron chi connectivity index (χ3n) is 1.60. The average Bonchev–Trinajstić information content (AvgIpc) is 2.21. The van der Waals surface area contributed by atoms with Gasteiger partial charge in [-0.25, -0.2) is 0 Å². The van der Waals surface area contributed by atoms with Crippen LogP contribution in [0.5, 0.6) is 0 Å². The number of carbonyl (C=O) groups is 1. The first-order valence-electron chi connectivity index (χ1n) is 4.90. The van der Waals surface area contributed by atoms with Crippen LogP contribution in [0.1, 0.15) is 32.6 Å². The van der Waals surface area contributed by atoms with E-state index < -0.39 is 5.97 Å². The normalized spacial score (nSPS) is 8.07. The molecule has 0 heterocycles. The fraction of sp³-hybridized carbons (Fsp3) is 0.417. The van der Waals surface area contributed by atoms with E-state index in [4.69, 9.17) is 5.11 Å². The topological polar surface area (TPSA) is 37.3 Å². The van der Waals surface area contributed by atoms with Crippen molar-refractivity contribution in [2.45, 2.75) is 32.6 Å². The Morgan fingerprint density at radius 3 is 2.07 bits per heavy atom. The van der Waals surface area contributed by atoms with Gasteiger partial charge in [0.1, 0.15) is 0 Å². The molecular weight excluding hydrogens is 200 g/mol. The van der Waals surface area contributed by atoms with Crippen LogP contribution in [0.2, 0.25) is 0 Å². The number of hydrogen-bond donors (Lipinski definition) is 1. The molecule has 0 aromatic heterocycles. The molecule has 0 amide bonds. The zero-order valence-electron chi connectivity index (χ0n) is 9.28. The molecule has 78 valence electrons. The van der Waals surface area contributed by atoms with Crippen LogP contribution < -0.4 is 0 Å². The Kier molecular flexibility index (Phi) is 15.1. The zero-order chi connectivity index (χ0) is 10.6. The number of aliphatic carboxylic acids is 1. The summed E-state index contributed by atoms with van der Waals surface area (Å²) in [5.74, 6) is -0.682. The van der Waals surface area contributed by atoms with Gasteiger partial charge < -0.3 is 5.11 Å². The smallest absolute Gasteiger partial charge is 0.481 e. The maximum Gasteiger partial charge on any atom is 2.00 e. The predicted octanol–water partition coefficient (Wildman–Crippen LogP) is 2.76. The molecule has 2 nitrogen and oxygen atoms in total. The molecule has 0 aliphatic rings. The Hall–Kier alpha value is -0.544. The summed E-state index contributed by atoms with van der Waals surface area (Å²) >= 11 is 0. The van der Waals surface area contributed by atoms with Crippen LogP contribution in [-0.2, 0) is 4.79 Å². The van der Waals surface area contributed by atoms with E-state index >= 15 is 0 Å². The Bertz CT molecular complexity index is 198. The Balaban J connectivity index is 0. The number of hydrogen-bond acceptors (Lipinski definition) is 1. The summed E-state index contributed by atoms with van der Waals surface area (Å²) in [7, 11) is 0. The van der Waals surface area contributed by atoms with Crippen LogP contribution in [0.15, 0.2) is 30.3 Å². The molecule has 0 bridgehead atoms. The van der Waals surface area contributed by atoms with E-state index in [2.05, 4.69) is 13.0 Å². The SMILES string of the molecule is CCCCCC(=O)O.[Mg+2].[c-]1ccccc1. The maximum atomic E-state index is 9.87. The van der Waals surface area contributed by atoms with Crippen LogP contribution in [0.4, 0.5) is 0 Å². The number of unbranched alkanes of at least 4 members (excludes halogenated alkanes) is 2. The van der Waals surface area contributed by atoms with E-state index in [-0.39, 0.29) is 23.1 Å². The Labute approximate surface area is 108 Å². The fourth-order valence-electron chi connectivity index (χ4n) is 0.868. The molecular formula is C12H17MgO2+. The Morgan fingerprint density at radius 1 is 1.20 bits per heavy atom. The summed E-state index contributed by atoms with van der Waals surface area (Å²) in [6, 6.07) is 12.5. The summed E-state index contributed by atoms with van der Waals surface area (Å²) in [6.07, 6.45) is 3.28. The second-order valence-electron chi connectivity index (χ2n) is 2.93. The minimum atomic E-state index is -0.682. The molecule has 0 fully saturated rings. The van der Waals surface area contributed by atoms with E-state index in [0.717, 1.165) is 19.3 Å². The van der Waals surface area contributed by atoms with Gasteiger partial charge in [0.05, 0.1) is 0 Å². The maximum absolute atomic E-state index is 9.87. The van der Waals surface area contributed by atoms with E-state index in [1.54, 1.807) is 0 Å². The molecule has 0 aliphatic heterocycles. The quantitative estimate of drug-likeness (QED) is 0.478. The van der Waals surface area contributed by atoms with Crippen LogP contribution in [-0.4, -0.2) is 34.1 Å². The first-order chi connectivity index (χ1) is 6.77. The van der Waals surface area contributed by atoms with Crippen LogP contribution in [0.3, 0.4) is 0 Å². The van der Waals surface area contributed by atoms with E-state index in [0.29, 0.717) is 6.42 Å². The molecule has 0 aliphatic carbocycles. The molecule has 1 rings (SSSR count). The monoisotopic (exact) mass is 217 g/mol. The predicted molar refractivity (Wildman–Crippen MR) is 62.8 cm³/mol. The summed E-state index contributed by atoms with van der Waals surface area (Å²) < 4.78 is 0. The van der Waals surface area contributed by atoms with Crippen molar-refractivity contribution in [3.05, 3.63) is 36.4 Å². The Morgan fingerprint density at radius 2 is 1.80 bits per heavy atom. The number of carboxylic acid groups (broad SMARTS) is 1. The van der Waals surface area contributed by atoms with Crippen molar-refractivity contribution in [2.24, 2.45) is 0 Å². The van der Waals surface area contributed by atoms with E-state index in [1.165, 1.54) is 0 Å². The number of carboxylic acids is 1. The van der Waals surface area contributed by atoms with E-state index in [9.17, 15) is 4.79 Å². The summed E-state index contributed by atoms with van der Waals surface area (Å²) in [4.78, 5) is 9.87. The van der Waals surface area contributed by atoms with Gasteiger partial charge in [0.25, 0.3) is 0 Å². The molecule has 15 heavy (non-hydrogen) atoms. The van der Waals surface area contributed by atoms with Crippen molar-refractivity contribution >= 4 is 29.0 Å². The van der Waals surface area contributed by atoms with Gasteiger partial charge in [-0.2, -0.15) is 36.4 Å². The summed E-state index contributed by atoms with van der Waals surface area (Å²) in [6.45, 7) is 2.06. The minimum absolute atomic E-state index is 0. The number of rotatable bonds is 4. The van der Waals surface area contributed by atoms with Crippen LogP contribution in [0.25, 0.3) is 0 Å². The van der Waals surface area contributed by atoms with Crippen LogP contribution in [0, 0.1) is 6.07 Å². The molecule has 1 N–H and O–H groups in total. The minimum Gasteiger partial charge on any atom is -0.481 e. The van der Waals surface area contributed by atoms with Crippen molar-refractivity contribution in [1.29, 1.82) is 0 Å². The summed E-state index contributed by atoms with van der Waals surface area (Å²) in [5.41, 5.74) is 0. The molecule has 0 unspecified atom stereocenters. The van der Waals surface area contributed by atoms with Gasteiger partial charge in [-0.1, -0.05) is 19.8 Å². The second kappa shape index (κ2) is 13.5. The number of benzene rings is 1. The fourth-order valence-corrected chi connectivity index (χ4v) is 0.868. The second-order valence-corrected chi connectivity index (χ2v) is 2.93. The van der Waals surface area contributed by atoms with Gasteiger partial charge >= 0.3 is 29.0 Å². The van der Waals surface area contributed by atoms with Crippen LogP contribution >= 0.6 is 0 Å². The van der Waals surface area contributed by atoms with Crippen molar-refractivity contribution < 1.29 is 9.90 Å². The van der Waals surface area contributed by atoms with Gasteiger partial charge in [-0.3, -0.25) is 4.79 Å². The van der Waals surface area contributed by atoms with Gasteiger partial charge in [-0.05, 0) is 6.42 Å². The first kappa shape index (κ1) is 16.9. The zero-order valence-corrected chi connectivity index (χ0v) is 10.7. The van der Waals surface area contributed by atoms with Crippen molar-refractivity contribution in [2.75, 3.05) is 0 Å². The molecule has 3 heteroatoms. The standard InChI is InChI=1S/C6H12O2.C6H5.Mg/c1-2-3-4-5-6(7)8;1-2-4-6-5-3-1;/h2-5H2,1H3,(H,7,8);1-5H;/q;-1;+2. The van der Waals surface area contributed by atoms with Crippen molar-refractivity contribution in [3.63, 3.8) is 0 Å². The molecule has 0 atom stereocenters. The molecule has 1 aromatic rings. The van der Waals surface area contributed by atoms with Crippen molar-refractivity contribution in [3.8, 4) is 0 Å². The van der Waals surface area contributed by atoms with Gasteiger partial charge in [0, 0.05) is 6.42 Å². The third-order valence-corrected chi connectivity index (χ3v) is 1.60. The molecule has 0 saturated heterocycles. The molecule has 0 saturated carbocycles.